The Labute approximate surface area is 132 Å². The van der Waals surface area contributed by atoms with Crippen molar-refractivity contribution in [3.63, 3.8) is 0 Å². The van der Waals surface area contributed by atoms with Gasteiger partial charge in [-0.1, -0.05) is 61.2 Å². The summed E-state index contributed by atoms with van der Waals surface area (Å²) in [6.45, 7) is 5.69. The fourth-order valence-electron chi connectivity index (χ4n) is 2.34. The maximum absolute atomic E-state index is 11.3. The summed E-state index contributed by atoms with van der Waals surface area (Å²) in [7, 11) is 0. The van der Waals surface area contributed by atoms with Crippen molar-refractivity contribution >= 4 is 5.97 Å². The maximum atomic E-state index is 11.3. The SMILES string of the molecule is C=C(C)C(=O)OCCCCc1ccccc1-c1ccccc1. The molecule has 0 aromatic heterocycles. The number of unbranched alkanes of at least 4 members (excludes halogenated alkanes) is 1. The van der Waals surface area contributed by atoms with E-state index in [0.29, 0.717) is 12.2 Å². The number of ether oxygens (including phenoxy) is 1. The Kier molecular flexibility index (Phi) is 5.96. The van der Waals surface area contributed by atoms with E-state index in [1.165, 1.54) is 16.7 Å². The summed E-state index contributed by atoms with van der Waals surface area (Å²) >= 11 is 0. The van der Waals surface area contributed by atoms with Gasteiger partial charge in [0.25, 0.3) is 0 Å². The number of hydrogen-bond acceptors (Lipinski definition) is 2. The van der Waals surface area contributed by atoms with Crippen LogP contribution in [-0.4, -0.2) is 12.6 Å². The quantitative estimate of drug-likeness (QED) is 0.417. The van der Waals surface area contributed by atoms with E-state index >= 15 is 0 Å². The molecule has 0 aliphatic rings. The third kappa shape index (κ3) is 4.59. The molecule has 0 heterocycles. The first kappa shape index (κ1) is 16.0. The highest BCUT2D eigenvalue weighted by molar-refractivity contribution is 5.86. The second-order valence-electron chi connectivity index (χ2n) is 5.40. The van der Waals surface area contributed by atoms with Gasteiger partial charge in [-0.2, -0.15) is 0 Å². The van der Waals surface area contributed by atoms with Gasteiger partial charge < -0.3 is 4.74 Å². The van der Waals surface area contributed by atoms with E-state index in [1.54, 1.807) is 6.92 Å². The summed E-state index contributed by atoms with van der Waals surface area (Å²) < 4.78 is 5.12. The third-order valence-corrected chi connectivity index (χ3v) is 3.52. The topological polar surface area (TPSA) is 26.3 Å². The van der Waals surface area contributed by atoms with Crippen LogP contribution < -0.4 is 0 Å². The standard InChI is InChI=1S/C20H22O2/c1-16(2)20(21)22-15-9-8-13-18-12-6-7-14-19(18)17-10-4-3-5-11-17/h3-7,10-12,14H,1,8-9,13,15H2,2H3. The van der Waals surface area contributed by atoms with Gasteiger partial charge in [-0.15, -0.1) is 0 Å². The molecule has 0 N–H and O–H groups in total. The van der Waals surface area contributed by atoms with E-state index in [2.05, 4.69) is 55.1 Å². The molecule has 0 bridgehead atoms. The van der Waals surface area contributed by atoms with Crippen LogP contribution in [0.3, 0.4) is 0 Å². The third-order valence-electron chi connectivity index (χ3n) is 3.52. The highest BCUT2D eigenvalue weighted by Gasteiger charge is 2.05. The van der Waals surface area contributed by atoms with E-state index in [9.17, 15) is 4.79 Å². The van der Waals surface area contributed by atoms with Gasteiger partial charge in [-0.05, 0) is 42.9 Å². The van der Waals surface area contributed by atoms with Crippen LogP contribution >= 0.6 is 0 Å². The lowest BCUT2D eigenvalue weighted by Gasteiger charge is -2.10. The van der Waals surface area contributed by atoms with Crippen LogP contribution in [0.4, 0.5) is 0 Å². The van der Waals surface area contributed by atoms with Crippen molar-refractivity contribution in [2.24, 2.45) is 0 Å². The molecule has 0 spiro atoms. The normalized spacial score (nSPS) is 10.2. The average molecular weight is 294 g/mol. The summed E-state index contributed by atoms with van der Waals surface area (Å²) in [5, 5.41) is 0. The number of aryl methyl sites for hydroxylation is 1. The number of esters is 1. The average Bonchev–Trinajstić information content (AvgIpc) is 2.55. The molecule has 2 rings (SSSR count). The number of rotatable bonds is 7. The van der Waals surface area contributed by atoms with E-state index in [4.69, 9.17) is 4.74 Å². The van der Waals surface area contributed by atoms with Gasteiger partial charge in [0.1, 0.15) is 0 Å². The van der Waals surface area contributed by atoms with Gasteiger partial charge in [0.2, 0.25) is 0 Å². The molecule has 22 heavy (non-hydrogen) atoms. The molecular formula is C20H22O2. The fraction of sp³-hybridized carbons (Fsp3) is 0.250. The van der Waals surface area contributed by atoms with Crippen molar-refractivity contribution in [1.29, 1.82) is 0 Å². The molecule has 0 aliphatic carbocycles. The molecule has 0 saturated carbocycles. The van der Waals surface area contributed by atoms with Crippen molar-refractivity contribution in [1.82, 2.24) is 0 Å². The summed E-state index contributed by atoms with van der Waals surface area (Å²) in [6.07, 6.45) is 2.84. The second-order valence-corrected chi connectivity index (χ2v) is 5.40. The largest absolute Gasteiger partial charge is 0.462 e. The Hall–Kier alpha value is -2.35. The minimum absolute atomic E-state index is 0.301. The van der Waals surface area contributed by atoms with Crippen molar-refractivity contribution < 1.29 is 9.53 Å². The number of hydrogen-bond donors (Lipinski definition) is 0. The molecule has 0 aliphatic heterocycles. The summed E-state index contributed by atoms with van der Waals surface area (Å²) in [4.78, 5) is 11.3. The summed E-state index contributed by atoms with van der Waals surface area (Å²) in [5.41, 5.74) is 4.31. The molecular weight excluding hydrogens is 272 g/mol. The molecule has 0 saturated heterocycles. The van der Waals surface area contributed by atoms with Crippen LogP contribution in [0, 0.1) is 0 Å². The zero-order valence-electron chi connectivity index (χ0n) is 13.0. The number of carbonyl (C=O) groups is 1. The fourth-order valence-corrected chi connectivity index (χ4v) is 2.34. The van der Waals surface area contributed by atoms with Gasteiger partial charge in [0, 0.05) is 5.57 Å². The van der Waals surface area contributed by atoms with Gasteiger partial charge in [0.15, 0.2) is 0 Å². The van der Waals surface area contributed by atoms with Gasteiger partial charge in [0.05, 0.1) is 6.61 Å². The first-order valence-corrected chi connectivity index (χ1v) is 7.64. The predicted molar refractivity (Wildman–Crippen MR) is 90.6 cm³/mol. The highest BCUT2D eigenvalue weighted by Crippen LogP contribution is 2.24. The second kappa shape index (κ2) is 8.18. The predicted octanol–water partition coefficient (Wildman–Crippen LogP) is 4.80. The van der Waals surface area contributed by atoms with Crippen LogP contribution in [0.2, 0.25) is 0 Å². The minimum atomic E-state index is -0.301. The zero-order valence-corrected chi connectivity index (χ0v) is 13.0. The molecule has 2 aromatic carbocycles. The van der Waals surface area contributed by atoms with E-state index in [0.717, 1.165) is 19.3 Å². The van der Waals surface area contributed by atoms with E-state index in [-0.39, 0.29) is 5.97 Å². The first-order chi connectivity index (χ1) is 10.7. The van der Waals surface area contributed by atoms with Gasteiger partial charge in [-0.3, -0.25) is 0 Å². The molecule has 0 fully saturated rings. The van der Waals surface area contributed by atoms with Crippen LogP contribution in [0.15, 0.2) is 66.7 Å². The molecule has 0 amide bonds. The van der Waals surface area contributed by atoms with Crippen molar-refractivity contribution in [2.45, 2.75) is 26.2 Å². The first-order valence-electron chi connectivity index (χ1n) is 7.64. The maximum Gasteiger partial charge on any atom is 0.333 e. The minimum Gasteiger partial charge on any atom is -0.462 e. The Morgan fingerprint density at radius 3 is 2.41 bits per heavy atom. The van der Waals surface area contributed by atoms with Crippen LogP contribution in [0.5, 0.6) is 0 Å². The van der Waals surface area contributed by atoms with Crippen LogP contribution in [0.1, 0.15) is 25.3 Å². The Balaban J connectivity index is 1.89. The Morgan fingerprint density at radius 2 is 1.68 bits per heavy atom. The van der Waals surface area contributed by atoms with Gasteiger partial charge >= 0.3 is 5.97 Å². The van der Waals surface area contributed by atoms with E-state index in [1.807, 2.05) is 6.07 Å². The molecule has 2 heteroatoms. The van der Waals surface area contributed by atoms with Crippen LogP contribution in [-0.2, 0) is 16.0 Å². The molecule has 0 unspecified atom stereocenters. The number of benzene rings is 2. The molecule has 114 valence electrons. The van der Waals surface area contributed by atoms with E-state index < -0.39 is 0 Å². The Bertz CT molecular complexity index is 629. The Morgan fingerprint density at radius 1 is 1.00 bits per heavy atom. The smallest absolute Gasteiger partial charge is 0.333 e. The summed E-state index contributed by atoms with van der Waals surface area (Å²) in [6, 6.07) is 18.9. The number of carbonyl (C=O) groups excluding carboxylic acids is 1. The van der Waals surface area contributed by atoms with Crippen molar-refractivity contribution in [3.05, 3.63) is 72.3 Å². The zero-order chi connectivity index (χ0) is 15.8. The summed E-state index contributed by atoms with van der Waals surface area (Å²) in [5.74, 6) is -0.301. The van der Waals surface area contributed by atoms with Crippen LogP contribution in [0.25, 0.3) is 11.1 Å². The monoisotopic (exact) mass is 294 g/mol. The lowest BCUT2D eigenvalue weighted by Crippen LogP contribution is -2.06. The molecule has 0 radical (unpaired) electrons. The van der Waals surface area contributed by atoms with Crippen molar-refractivity contribution in [3.8, 4) is 11.1 Å². The lowest BCUT2D eigenvalue weighted by atomic mass is 9.96. The molecule has 2 aromatic rings. The molecule has 0 atom stereocenters. The lowest BCUT2D eigenvalue weighted by molar-refractivity contribution is -0.139. The van der Waals surface area contributed by atoms with Crippen molar-refractivity contribution in [2.75, 3.05) is 6.61 Å². The highest BCUT2D eigenvalue weighted by atomic mass is 16.5. The van der Waals surface area contributed by atoms with Gasteiger partial charge in [-0.25, -0.2) is 4.79 Å². The molecule has 2 nitrogen and oxygen atoms in total.